The number of carbonyl (C=O) groups excluding carboxylic acids is 1. The third-order valence-corrected chi connectivity index (χ3v) is 4.36. The molecule has 5 heteroatoms. The van der Waals surface area contributed by atoms with Crippen molar-refractivity contribution in [3.63, 3.8) is 0 Å². The normalized spacial score (nSPS) is 25.0. The van der Waals surface area contributed by atoms with Crippen LogP contribution < -0.4 is 15.4 Å². The van der Waals surface area contributed by atoms with Gasteiger partial charge in [-0.05, 0) is 34.5 Å². The minimum Gasteiger partial charge on any atom is -0.496 e. The summed E-state index contributed by atoms with van der Waals surface area (Å²) in [6, 6.07) is 3.79. The van der Waals surface area contributed by atoms with E-state index in [1.54, 1.807) is 7.11 Å². The summed E-state index contributed by atoms with van der Waals surface area (Å²) in [6.07, 6.45) is 0.732. The molecule has 1 amide bonds. The van der Waals surface area contributed by atoms with Crippen LogP contribution >= 0.6 is 15.9 Å². The Hall–Kier alpha value is -1.49. The molecule has 1 aromatic rings. The first kappa shape index (κ1) is 11.6. The first-order chi connectivity index (χ1) is 8.59. The number of nitrogens with one attached hydrogen (secondary N) is 2. The maximum absolute atomic E-state index is 12.3. The molecule has 3 rings (SSSR count). The lowest BCUT2D eigenvalue weighted by Gasteiger charge is -2.22. The van der Waals surface area contributed by atoms with Gasteiger partial charge in [0.15, 0.2) is 0 Å². The Morgan fingerprint density at radius 1 is 1.50 bits per heavy atom. The number of hydrogen-bond donors (Lipinski definition) is 2. The second kappa shape index (κ2) is 3.75. The summed E-state index contributed by atoms with van der Waals surface area (Å²) < 4.78 is 6.14. The van der Waals surface area contributed by atoms with Gasteiger partial charge in [0.25, 0.3) is 0 Å². The number of carbonyl (C=O) groups is 1. The number of fused-ring (bicyclic) bond motifs is 2. The van der Waals surface area contributed by atoms with Gasteiger partial charge in [0.2, 0.25) is 5.91 Å². The maximum atomic E-state index is 12.3. The summed E-state index contributed by atoms with van der Waals surface area (Å²) in [5.74, 6) is 0.719. The number of benzene rings is 1. The predicted molar refractivity (Wildman–Crippen MR) is 72.8 cm³/mol. The van der Waals surface area contributed by atoms with Crippen molar-refractivity contribution in [1.29, 1.82) is 0 Å². The van der Waals surface area contributed by atoms with Crippen LogP contribution in [-0.2, 0) is 10.2 Å². The van der Waals surface area contributed by atoms with E-state index in [2.05, 4.69) is 33.1 Å². The van der Waals surface area contributed by atoms with E-state index in [0.29, 0.717) is 0 Å². The average molecular weight is 309 g/mol. The summed E-state index contributed by atoms with van der Waals surface area (Å²) >= 11 is 3.43. The SMILES string of the molecule is C=C1NCCC12C(=O)Nc1cc(Br)c(OC)cc12. The van der Waals surface area contributed by atoms with Gasteiger partial charge in [-0.25, -0.2) is 0 Å². The predicted octanol–water partition coefficient (Wildman–Crippen LogP) is 2.15. The molecule has 2 N–H and O–H groups in total. The van der Waals surface area contributed by atoms with E-state index in [-0.39, 0.29) is 5.91 Å². The smallest absolute Gasteiger partial charge is 0.241 e. The molecule has 2 aliphatic heterocycles. The number of rotatable bonds is 1. The maximum Gasteiger partial charge on any atom is 0.241 e. The Morgan fingerprint density at radius 2 is 2.28 bits per heavy atom. The Balaban J connectivity index is 2.23. The summed E-state index contributed by atoms with van der Waals surface area (Å²) in [5.41, 5.74) is 1.91. The standard InChI is InChI=1S/C13H13BrN2O2/c1-7-13(3-4-15-7)8-5-11(18-2)9(14)6-10(8)16-12(13)17/h5-6,15H,1,3-4H2,2H3,(H,16,17). The number of halogens is 1. The molecule has 0 aliphatic carbocycles. The highest BCUT2D eigenvalue weighted by Gasteiger charge is 2.51. The molecule has 2 aliphatic rings. The second-order valence-electron chi connectivity index (χ2n) is 4.55. The summed E-state index contributed by atoms with van der Waals surface area (Å²) in [5, 5.41) is 6.10. The van der Waals surface area contributed by atoms with Gasteiger partial charge in [0.05, 0.1) is 11.6 Å². The molecule has 1 atom stereocenters. The van der Waals surface area contributed by atoms with E-state index in [4.69, 9.17) is 4.74 Å². The number of hydrogen-bond acceptors (Lipinski definition) is 3. The zero-order valence-electron chi connectivity index (χ0n) is 9.97. The lowest BCUT2D eigenvalue weighted by Crippen LogP contribution is -2.34. The zero-order chi connectivity index (χ0) is 12.9. The number of ether oxygens (including phenoxy) is 1. The van der Waals surface area contributed by atoms with Crippen LogP contribution in [0.2, 0.25) is 0 Å². The van der Waals surface area contributed by atoms with Crippen LogP contribution in [0, 0.1) is 0 Å². The first-order valence-corrected chi connectivity index (χ1v) is 6.51. The average Bonchev–Trinajstić information content (AvgIpc) is 2.83. The summed E-state index contributed by atoms with van der Waals surface area (Å²) in [6.45, 7) is 4.76. The molecule has 1 saturated heterocycles. The fourth-order valence-electron chi connectivity index (χ4n) is 2.77. The van der Waals surface area contributed by atoms with Gasteiger partial charge in [-0.15, -0.1) is 0 Å². The van der Waals surface area contributed by atoms with E-state index in [1.165, 1.54) is 0 Å². The molecule has 18 heavy (non-hydrogen) atoms. The van der Waals surface area contributed by atoms with Gasteiger partial charge < -0.3 is 15.4 Å². The molecular weight excluding hydrogens is 296 g/mol. The van der Waals surface area contributed by atoms with Crippen molar-refractivity contribution >= 4 is 27.5 Å². The minimum atomic E-state index is -0.636. The van der Waals surface area contributed by atoms with Crippen LogP contribution in [0.3, 0.4) is 0 Å². The van der Waals surface area contributed by atoms with Crippen molar-refractivity contribution in [2.24, 2.45) is 0 Å². The monoisotopic (exact) mass is 308 g/mol. The molecule has 94 valence electrons. The van der Waals surface area contributed by atoms with E-state index in [9.17, 15) is 4.79 Å². The quantitative estimate of drug-likeness (QED) is 0.836. The zero-order valence-corrected chi connectivity index (χ0v) is 11.6. The second-order valence-corrected chi connectivity index (χ2v) is 5.40. The van der Waals surface area contributed by atoms with Crippen molar-refractivity contribution in [3.05, 3.63) is 34.4 Å². The molecule has 0 bridgehead atoms. The van der Waals surface area contributed by atoms with Gasteiger partial charge in [0.1, 0.15) is 11.2 Å². The lowest BCUT2D eigenvalue weighted by molar-refractivity contribution is -0.119. The highest BCUT2D eigenvalue weighted by atomic mass is 79.9. The Kier molecular flexibility index (Phi) is 2.41. The Labute approximate surface area is 114 Å². The largest absolute Gasteiger partial charge is 0.496 e. The third-order valence-electron chi connectivity index (χ3n) is 3.74. The van der Waals surface area contributed by atoms with E-state index in [1.807, 2.05) is 12.1 Å². The molecule has 0 saturated carbocycles. The van der Waals surface area contributed by atoms with Gasteiger partial charge >= 0.3 is 0 Å². The number of anilines is 1. The number of methoxy groups -OCH3 is 1. The highest BCUT2D eigenvalue weighted by molar-refractivity contribution is 9.10. The van der Waals surface area contributed by atoms with E-state index in [0.717, 1.165) is 40.1 Å². The molecule has 1 aromatic carbocycles. The van der Waals surface area contributed by atoms with Crippen LogP contribution in [0.4, 0.5) is 5.69 Å². The van der Waals surface area contributed by atoms with Crippen LogP contribution in [0.1, 0.15) is 12.0 Å². The molecule has 1 unspecified atom stereocenters. The van der Waals surface area contributed by atoms with Crippen LogP contribution in [0.15, 0.2) is 28.9 Å². The van der Waals surface area contributed by atoms with Gasteiger partial charge in [-0.1, -0.05) is 6.58 Å². The molecule has 1 fully saturated rings. The third kappa shape index (κ3) is 1.28. The fraction of sp³-hybridized carbons (Fsp3) is 0.308. The fourth-order valence-corrected chi connectivity index (χ4v) is 3.27. The summed E-state index contributed by atoms with van der Waals surface area (Å²) in [4.78, 5) is 12.3. The number of amides is 1. The highest BCUT2D eigenvalue weighted by Crippen LogP contribution is 2.49. The van der Waals surface area contributed by atoms with Crippen molar-refractivity contribution in [3.8, 4) is 5.75 Å². The van der Waals surface area contributed by atoms with Crippen LogP contribution in [-0.4, -0.2) is 19.6 Å². The van der Waals surface area contributed by atoms with Crippen molar-refractivity contribution < 1.29 is 9.53 Å². The van der Waals surface area contributed by atoms with E-state index < -0.39 is 5.41 Å². The van der Waals surface area contributed by atoms with Crippen LogP contribution in [0.5, 0.6) is 5.75 Å². The van der Waals surface area contributed by atoms with Crippen molar-refractivity contribution in [2.75, 3.05) is 19.0 Å². The first-order valence-electron chi connectivity index (χ1n) is 5.72. The van der Waals surface area contributed by atoms with Crippen molar-refractivity contribution in [2.45, 2.75) is 11.8 Å². The van der Waals surface area contributed by atoms with Gasteiger partial charge in [0, 0.05) is 23.5 Å². The molecule has 4 nitrogen and oxygen atoms in total. The molecule has 1 spiro atoms. The minimum absolute atomic E-state index is 0.00680. The topological polar surface area (TPSA) is 50.4 Å². The molecule has 0 radical (unpaired) electrons. The molecular formula is C13H13BrN2O2. The van der Waals surface area contributed by atoms with E-state index >= 15 is 0 Å². The Morgan fingerprint density at radius 3 is 2.89 bits per heavy atom. The van der Waals surface area contributed by atoms with Gasteiger partial charge in [-0.2, -0.15) is 0 Å². The molecule has 2 heterocycles. The van der Waals surface area contributed by atoms with Crippen molar-refractivity contribution in [1.82, 2.24) is 5.32 Å². The van der Waals surface area contributed by atoms with Gasteiger partial charge in [-0.3, -0.25) is 4.79 Å². The molecule has 0 aromatic heterocycles. The van der Waals surface area contributed by atoms with Crippen LogP contribution in [0.25, 0.3) is 0 Å². The summed E-state index contributed by atoms with van der Waals surface area (Å²) in [7, 11) is 1.62. The Bertz CT molecular complexity index is 570. The lowest BCUT2D eigenvalue weighted by atomic mass is 9.78.